The van der Waals surface area contributed by atoms with Crippen LogP contribution in [0.4, 0.5) is 0 Å². The van der Waals surface area contributed by atoms with Crippen molar-refractivity contribution < 1.29 is 29.0 Å². The Labute approximate surface area is 302 Å². The summed E-state index contributed by atoms with van der Waals surface area (Å²) in [7, 11) is 0. The first-order valence-corrected chi connectivity index (χ1v) is 17.4. The van der Waals surface area contributed by atoms with E-state index in [0.717, 1.165) is 27.4 Å². The molecule has 5 aromatic carbocycles. The molecule has 52 heavy (non-hydrogen) atoms. The van der Waals surface area contributed by atoms with Gasteiger partial charge in [-0.2, -0.15) is 0 Å². The molecule has 3 atom stereocenters. The van der Waals surface area contributed by atoms with Gasteiger partial charge in [-0.05, 0) is 52.4 Å². The van der Waals surface area contributed by atoms with E-state index in [9.17, 15) is 24.3 Å². The number of primary amides is 1. The molecular weight excluding hydrogens is 654 g/mol. The van der Waals surface area contributed by atoms with Gasteiger partial charge in [0.05, 0.1) is 23.6 Å². The van der Waals surface area contributed by atoms with E-state index in [1.54, 1.807) is 18.3 Å². The molecule has 264 valence electrons. The molecule has 1 aromatic heterocycles. The fraction of sp³-hybridized carbons (Fsp3) is 0.209. The van der Waals surface area contributed by atoms with Crippen LogP contribution in [0.3, 0.4) is 0 Å². The molecule has 1 unspecified atom stereocenters. The normalized spacial score (nSPS) is 12.9. The highest BCUT2D eigenvalue weighted by atomic mass is 16.5. The van der Waals surface area contributed by atoms with E-state index < -0.39 is 48.1 Å². The number of nitrogens with zero attached hydrogens (tertiary/aromatic N) is 1. The van der Waals surface area contributed by atoms with Gasteiger partial charge in [0.25, 0.3) is 5.91 Å². The molecule has 6 rings (SSSR count). The zero-order chi connectivity index (χ0) is 36.5. The minimum absolute atomic E-state index is 0.00915. The highest BCUT2D eigenvalue weighted by Crippen LogP contribution is 2.32. The number of para-hydroxylation sites is 1. The highest BCUT2D eigenvalue weighted by molar-refractivity contribution is 6.08. The van der Waals surface area contributed by atoms with Crippen LogP contribution in [0, 0.1) is 5.92 Å². The Kier molecular flexibility index (Phi) is 11.5. The van der Waals surface area contributed by atoms with E-state index in [2.05, 4.69) is 4.98 Å². The third-order valence-electron chi connectivity index (χ3n) is 9.36. The Bertz CT molecular complexity index is 2160. The summed E-state index contributed by atoms with van der Waals surface area (Å²) < 4.78 is 5.50. The zero-order valence-corrected chi connectivity index (χ0v) is 28.7. The van der Waals surface area contributed by atoms with Crippen molar-refractivity contribution in [1.29, 1.82) is 0 Å². The average molecular weight is 696 g/mol. The number of hydrogen-bond donors (Lipinski definition) is 3. The molecule has 0 saturated heterocycles. The van der Waals surface area contributed by atoms with Crippen molar-refractivity contribution in [2.45, 2.75) is 51.0 Å². The van der Waals surface area contributed by atoms with Gasteiger partial charge in [-0.1, -0.05) is 115 Å². The molecule has 9 nitrogen and oxygen atoms in total. The molecule has 1 heterocycles. The van der Waals surface area contributed by atoms with Crippen LogP contribution in [-0.2, 0) is 32.3 Å². The van der Waals surface area contributed by atoms with Crippen molar-refractivity contribution in [3.8, 4) is 0 Å². The van der Waals surface area contributed by atoms with Gasteiger partial charge in [-0.25, -0.2) is 0 Å². The summed E-state index contributed by atoms with van der Waals surface area (Å²) in [5.74, 6) is -3.43. The summed E-state index contributed by atoms with van der Waals surface area (Å²) in [5, 5.41) is 14.3. The number of amides is 2. The average Bonchev–Trinajstić information content (AvgIpc) is 3.61. The zero-order valence-electron chi connectivity index (χ0n) is 28.7. The molecule has 0 fully saturated rings. The SMILES string of the molecule is NC(=O)C[C@H](C(=O)[C@H](CCCC(=O)OCc1ccccc1)N(Cc1ccccc1)C(=O)c1c[nH]c2ccccc12)C(O)c1ccc2ccccc2c1. The van der Waals surface area contributed by atoms with Gasteiger partial charge in [0.2, 0.25) is 5.91 Å². The number of carbonyl (C=O) groups excluding carboxylic acids is 4. The van der Waals surface area contributed by atoms with Gasteiger partial charge in [-0.3, -0.25) is 19.2 Å². The number of aliphatic hydroxyl groups excluding tert-OH is 1. The van der Waals surface area contributed by atoms with E-state index in [-0.39, 0.29) is 32.4 Å². The number of hydrogen-bond acceptors (Lipinski definition) is 6. The number of rotatable bonds is 16. The monoisotopic (exact) mass is 695 g/mol. The number of esters is 1. The second kappa shape index (κ2) is 16.8. The minimum atomic E-state index is -1.40. The number of ether oxygens (including phenoxy) is 1. The lowest BCUT2D eigenvalue weighted by Gasteiger charge is -2.34. The van der Waals surface area contributed by atoms with E-state index in [4.69, 9.17) is 10.5 Å². The number of aromatic amines is 1. The lowest BCUT2D eigenvalue weighted by molar-refractivity contribution is -0.145. The van der Waals surface area contributed by atoms with E-state index >= 15 is 0 Å². The van der Waals surface area contributed by atoms with Crippen LogP contribution < -0.4 is 5.73 Å². The molecular formula is C43H41N3O6. The number of Topliss-reactive ketones (excluding diaryl/α,β-unsaturated/α-hetero) is 1. The third kappa shape index (κ3) is 8.62. The molecule has 6 aromatic rings. The maximum Gasteiger partial charge on any atom is 0.306 e. The van der Waals surface area contributed by atoms with Gasteiger partial charge < -0.3 is 25.5 Å². The van der Waals surface area contributed by atoms with Crippen molar-refractivity contribution in [2.75, 3.05) is 0 Å². The van der Waals surface area contributed by atoms with Crippen LogP contribution in [0.25, 0.3) is 21.7 Å². The fourth-order valence-electron chi connectivity index (χ4n) is 6.66. The smallest absolute Gasteiger partial charge is 0.306 e. The minimum Gasteiger partial charge on any atom is -0.461 e. The first-order chi connectivity index (χ1) is 25.3. The molecule has 0 aliphatic heterocycles. The van der Waals surface area contributed by atoms with Crippen molar-refractivity contribution in [1.82, 2.24) is 9.88 Å². The Morgan fingerprint density at radius 2 is 1.42 bits per heavy atom. The lowest BCUT2D eigenvalue weighted by Crippen LogP contribution is -2.48. The van der Waals surface area contributed by atoms with Crippen molar-refractivity contribution in [3.05, 3.63) is 156 Å². The van der Waals surface area contributed by atoms with Crippen LogP contribution in [0.5, 0.6) is 0 Å². The Hall–Kier alpha value is -6.06. The molecule has 0 aliphatic rings. The Balaban J connectivity index is 1.35. The quantitative estimate of drug-likeness (QED) is 0.0928. The van der Waals surface area contributed by atoms with Gasteiger partial charge in [-0.15, -0.1) is 0 Å². The number of aliphatic hydroxyl groups is 1. The van der Waals surface area contributed by atoms with E-state index in [0.29, 0.717) is 16.5 Å². The Morgan fingerprint density at radius 3 is 2.15 bits per heavy atom. The summed E-state index contributed by atoms with van der Waals surface area (Å²) in [5.41, 5.74) is 8.90. The number of nitrogens with one attached hydrogen (secondary N) is 1. The Morgan fingerprint density at radius 1 is 0.769 bits per heavy atom. The van der Waals surface area contributed by atoms with E-state index in [1.165, 1.54) is 4.90 Å². The first kappa shape index (κ1) is 35.8. The van der Waals surface area contributed by atoms with Gasteiger partial charge >= 0.3 is 5.97 Å². The van der Waals surface area contributed by atoms with E-state index in [1.807, 2.05) is 115 Å². The number of H-pyrrole nitrogens is 1. The summed E-state index contributed by atoms with van der Waals surface area (Å²) in [6.07, 6.45) is 0.0438. The van der Waals surface area contributed by atoms with Gasteiger partial charge in [0.15, 0.2) is 5.78 Å². The number of aromatic nitrogens is 1. The topological polar surface area (TPSA) is 143 Å². The number of carbonyl (C=O) groups is 4. The fourth-order valence-corrected chi connectivity index (χ4v) is 6.66. The second-order valence-electron chi connectivity index (χ2n) is 13.0. The number of benzene rings is 5. The number of fused-ring (bicyclic) bond motifs is 2. The van der Waals surface area contributed by atoms with Crippen molar-refractivity contribution in [3.63, 3.8) is 0 Å². The van der Waals surface area contributed by atoms with Gasteiger partial charge in [0.1, 0.15) is 6.61 Å². The molecule has 0 radical (unpaired) electrons. The van der Waals surface area contributed by atoms with Gasteiger partial charge in [0, 0.05) is 36.5 Å². The summed E-state index contributed by atoms with van der Waals surface area (Å²) >= 11 is 0. The second-order valence-corrected chi connectivity index (χ2v) is 13.0. The van der Waals surface area contributed by atoms with Crippen LogP contribution >= 0.6 is 0 Å². The predicted octanol–water partition coefficient (Wildman–Crippen LogP) is 7.04. The van der Waals surface area contributed by atoms with Crippen LogP contribution in [-0.4, -0.2) is 44.6 Å². The molecule has 0 aliphatic carbocycles. The summed E-state index contributed by atoms with van der Waals surface area (Å²) in [6.45, 7) is 0.170. The highest BCUT2D eigenvalue weighted by Gasteiger charge is 2.39. The van der Waals surface area contributed by atoms with Crippen molar-refractivity contribution >= 4 is 45.2 Å². The standard InChI is InChI=1S/C43H41N3O6/c44-39(47)25-35(41(49)33-23-22-31-16-7-8-17-32(31)24-33)42(50)38(20-11-21-40(48)52-28-30-14-5-2-6-15-30)46(27-29-12-3-1-4-13-29)43(51)36-26-45-37-19-10-9-18-34(36)37/h1-10,12-19,22-24,26,35,38,41,45,49H,11,20-21,25,27-28H2,(H2,44,47)/t35-,38-,41?/m0/s1. The first-order valence-electron chi connectivity index (χ1n) is 17.4. The largest absolute Gasteiger partial charge is 0.461 e. The third-order valence-corrected chi connectivity index (χ3v) is 9.36. The molecule has 0 saturated carbocycles. The number of ketones is 1. The maximum atomic E-state index is 14.9. The summed E-state index contributed by atoms with van der Waals surface area (Å²) in [6, 6.07) is 37.9. The maximum absolute atomic E-state index is 14.9. The number of nitrogens with two attached hydrogens (primary N) is 1. The van der Waals surface area contributed by atoms with Crippen molar-refractivity contribution in [2.24, 2.45) is 11.7 Å². The summed E-state index contributed by atoms with van der Waals surface area (Å²) in [4.78, 5) is 59.6. The lowest BCUT2D eigenvalue weighted by atomic mass is 9.83. The molecule has 4 N–H and O–H groups in total. The molecule has 9 heteroatoms. The molecule has 0 spiro atoms. The predicted molar refractivity (Wildman–Crippen MR) is 200 cm³/mol. The molecule has 2 amide bonds. The van der Waals surface area contributed by atoms with Crippen LogP contribution in [0.1, 0.15) is 58.8 Å². The van der Waals surface area contributed by atoms with Crippen LogP contribution in [0.15, 0.2) is 134 Å². The van der Waals surface area contributed by atoms with Crippen LogP contribution in [0.2, 0.25) is 0 Å². The molecule has 0 bridgehead atoms.